The first-order valence-corrected chi connectivity index (χ1v) is 5.94. The third-order valence-corrected chi connectivity index (χ3v) is 2.60. The Bertz CT molecular complexity index is 541. The van der Waals surface area contributed by atoms with Crippen LogP contribution in [0.25, 0.3) is 0 Å². The van der Waals surface area contributed by atoms with Crippen molar-refractivity contribution in [2.75, 3.05) is 0 Å². The van der Waals surface area contributed by atoms with Crippen LogP contribution in [0.5, 0.6) is 11.8 Å². The number of ether oxygens (including phenoxy) is 1. The molecule has 1 heterocycles. The van der Waals surface area contributed by atoms with E-state index in [1.165, 1.54) is 0 Å². The molecule has 0 bridgehead atoms. The van der Waals surface area contributed by atoms with Gasteiger partial charge in [-0.3, -0.25) is 0 Å². The molecule has 0 aliphatic carbocycles. The first-order chi connectivity index (χ1) is 8.72. The Labute approximate surface area is 106 Å². The zero-order valence-electron chi connectivity index (χ0n) is 10.6. The lowest BCUT2D eigenvalue weighted by atomic mass is 10.1. The zero-order chi connectivity index (χ0) is 13.0. The molecule has 0 atom stereocenters. The minimum Gasteiger partial charge on any atom is -0.424 e. The van der Waals surface area contributed by atoms with Gasteiger partial charge in [0.2, 0.25) is 0 Å². The van der Waals surface area contributed by atoms with Crippen LogP contribution in [0.15, 0.2) is 30.3 Å². The Morgan fingerprint density at radius 1 is 1.22 bits per heavy atom. The molecule has 0 amide bonds. The van der Waals surface area contributed by atoms with Crippen LogP contribution in [0.4, 0.5) is 0 Å². The third kappa shape index (κ3) is 2.84. The van der Waals surface area contributed by atoms with Gasteiger partial charge in [0.15, 0.2) is 0 Å². The van der Waals surface area contributed by atoms with Gasteiger partial charge < -0.3 is 9.84 Å². The largest absolute Gasteiger partial charge is 0.424 e. The van der Waals surface area contributed by atoms with E-state index in [4.69, 9.17) is 9.84 Å². The molecule has 0 saturated carbocycles. The minimum atomic E-state index is -0.116. The molecule has 0 radical (unpaired) electrons. The summed E-state index contributed by atoms with van der Waals surface area (Å²) in [4.78, 5) is 8.35. The summed E-state index contributed by atoms with van der Waals surface area (Å²) in [6.45, 7) is 3.80. The summed E-state index contributed by atoms with van der Waals surface area (Å²) in [5.74, 6) is 0.759. The molecule has 4 heteroatoms. The van der Waals surface area contributed by atoms with E-state index in [1.807, 2.05) is 31.2 Å². The number of hydrogen-bond acceptors (Lipinski definition) is 4. The van der Waals surface area contributed by atoms with Crippen molar-refractivity contribution in [3.8, 4) is 11.8 Å². The van der Waals surface area contributed by atoms with Crippen LogP contribution in [-0.4, -0.2) is 15.1 Å². The monoisotopic (exact) mass is 244 g/mol. The van der Waals surface area contributed by atoms with Crippen molar-refractivity contribution in [1.82, 2.24) is 9.97 Å². The number of aliphatic hydroxyl groups excluding tert-OH is 1. The van der Waals surface area contributed by atoms with Gasteiger partial charge in [0.25, 0.3) is 0 Å². The van der Waals surface area contributed by atoms with E-state index in [9.17, 15) is 0 Å². The lowest BCUT2D eigenvalue weighted by Gasteiger charge is -2.09. The summed E-state index contributed by atoms with van der Waals surface area (Å²) in [5, 5.41) is 9.11. The summed E-state index contributed by atoms with van der Waals surface area (Å²) in [5.41, 5.74) is 2.44. The van der Waals surface area contributed by atoms with Crippen molar-refractivity contribution in [2.45, 2.75) is 26.9 Å². The number of hydrogen-bond donors (Lipinski definition) is 1. The topological polar surface area (TPSA) is 55.2 Å². The van der Waals surface area contributed by atoms with Crippen molar-refractivity contribution < 1.29 is 9.84 Å². The van der Waals surface area contributed by atoms with Gasteiger partial charge in [-0.2, -0.15) is 4.98 Å². The molecule has 0 spiro atoms. The second kappa shape index (κ2) is 5.60. The molecule has 0 saturated heterocycles. The fourth-order valence-electron chi connectivity index (χ4n) is 1.72. The molecule has 0 aliphatic rings. The molecule has 1 aromatic carbocycles. The fraction of sp³-hybridized carbons (Fsp3) is 0.286. The standard InChI is InChI=1S/C14H16N2O2/c1-3-11-6-4-5-7-13(11)18-14-15-10(2)8-12(9-17)16-14/h4-8,17H,3,9H2,1-2H3. The van der Waals surface area contributed by atoms with Gasteiger partial charge in [-0.15, -0.1) is 0 Å². The molecular weight excluding hydrogens is 228 g/mol. The highest BCUT2D eigenvalue weighted by molar-refractivity contribution is 5.35. The highest BCUT2D eigenvalue weighted by Gasteiger charge is 2.07. The molecule has 1 N–H and O–H groups in total. The van der Waals surface area contributed by atoms with Gasteiger partial charge in [-0.25, -0.2) is 4.98 Å². The number of aliphatic hydroxyl groups is 1. The number of aromatic nitrogens is 2. The maximum atomic E-state index is 9.11. The molecular formula is C14H16N2O2. The normalized spacial score (nSPS) is 10.4. The summed E-state index contributed by atoms with van der Waals surface area (Å²) in [6.07, 6.45) is 0.884. The van der Waals surface area contributed by atoms with Gasteiger partial charge in [0, 0.05) is 5.69 Å². The Morgan fingerprint density at radius 3 is 2.72 bits per heavy atom. The zero-order valence-corrected chi connectivity index (χ0v) is 10.6. The van der Waals surface area contributed by atoms with Crippen LogP contribution in [0.2, 0.25) is 0 Å². The van der Waals surface area contributed by atoms with E-state index in [2.05, 4.69) is 16.9 Å². The van der Waals surface area contributed by atoms with Crippen LogP contribution >= 0.6 is 0 Å². The summed E-state index contributed by atoms with van der Waals surface area (Å²) in [7, 11) is 0. The second-order valence-corrected chi connectivity index (χ2v) is 4.00. The molecule has 0 fully saturated rings. The average Bonchev–Trinajstić information content (AvgIpc) is 2.38. The molecule has 2 aromatic rings. The molecule has 0 unspecified atom stereocenters. The molecule has 2 rings (SSSR count). The van der Waals surface area contributed by atoms with Crippen molar-refractivity contribution in [1.29, 1.82) is 0 Å². The smallest absolute Gasteiger partial charge is 0.322 e. The van der Waals surface area contributed by atoms with E-state index in [0.717, 1.165) is 23.4 Å². The highest BCUT2D eigenvalue weighted by Crippen LogP contribution is 2.23. The molecule has 18 heavy (non-hydrogen) atoms. The van der Waals surface area contributed by atoms with Crippen LogP contribution in [0.1, 0.15) is 23.9 Å². The lowest BCUT2D eigenvalue weighted by Crippen LogP contribution is -1.99. The first kappa shape index (κ1) is 12.5. The number of rotatable bonds is 4. The van der Waals surface area contributed by atoms with Gasteiger partial charge in [-0.1, -0.05) is 25.1 Å². The van der Waals surface area contributed by atoms with Crippen molar-refractivity contribution >= 4 is 0 Å². The van der Waals surface area contributed by atoms with Crippen LogP contribution < -0.4 is 4.74 Å². The molecule has 4 nitrogen and oxygen atoms in total. The number of nitrogens with zero attached hydrogens (tertiary/aromatic N) is 2. The summed E-state index contributed by atoms with van der Waals surface area (Å²) < 4.78 is 5.69. The highest BCUT2D eigenvalue weighted by atomic mass is 16.5. The summed E-state index contributed by atoms with van der Waals surface area (Å²) >= 11 is 0. The third-order valence-electron chi connectivity index (χ3n) is 2.60. The molecule has 0 aliphatic heterocycles. The number of benzene rings is 1. The van der Waals surface area contributed by atoms with Gasteiger partial charge in [-0.05, 0) is 31.0 Å². The van der Waals surface area contributed by atoms with E-state index in [1.54, 1.807) is 6.07 Å². The quantitative estimate of drug-likeness (QED) is 0.898. The minimum absolute atomic E-state index is 0.116. The lowest BCUT2D eigenvalue weighted by molar-refractivity contribution is 0.274. The maximum Gasteiger partial charge on any atom is 0.322 e. The first-order valence-electron chi connectivity index (χ1n) is 5.94. The van der Waals surface area contributed by atoms with Gasteiger partial charge in [0.1, 0.15) is 5.75 Å². The maximum absolute atomic E-state index is 9.11. The van der Waals surface area contributed by atoms with Crippen LogP contribution in [0.3, 0.4) is 0 Å². The Balaban J connectivity index is 2.30. The van der Waals surface area contributed by atoms with Crippen molar-refractivity contribution in [3.05, 3.63) is 47.3 Å². The predicted octanol–water partition coefficient (Wildman–Crippen LogP) is 2.63. The number of para-hydroxylation sites is 1. The van der Waals surface area contributed by atoms with E-state index in [-0.39, 0.29) is 12.6 Å². The van der Waals surface area contributed by atoms with E-state index >= 15 is 0 Å². The van der Waals surface area contributed by atoms with Gasteiger partial charge in [0.05, 0.1) is 12.3 Å². The van der Waals surface area contributed by atoms with Crippen molar-refractivity contribution in [2.24, 2.45) is 0 Å². The fourth-order valence-corrected chi connectivity index (χ4v) is 1.72. The van der Waals surface area contributed by atoms with E-state index in [0.29, 0.717) is 5.69 Å². The van der Waals surface area contributed by atoms with Crippen molar-refractivity contribution in [3.63, 3.8) is 0 Å². The van der Waals surface area contributed by atoms with E-state index < -0.39 is 0 Å². The van der Waals surface area contributed by atoms with Crippen LogP contribution in [-0.2, 0) is 13.0 Å². The molecule has 1 aromatic heterocycles. The predicted molar refractivity (Wildman–Crippen MR) is 68.6 cm³/mol. The molecule has 94 valence electrons. The SMILES string of the molecule is CCc1ccccc1Oc1nc(C)cc(CO)n1. The number of aryl methyl sites for hydroxylation is 2. The Kier molecular flexibility index (Phi) is 3.89. The Hall–Kier alpha value is -1.94. The average molecular weight is 244 g/mol. The van der Waals surface area contributed by atoms with Crippen LogP contribution in [0, 0.1) is 6.92 Å². The van der Waals surface area contributed by atoms with Gasteiger partial charge >= 0.3 is 6.01 Å². The summed E-state index contributed by atoms with van der Waals surface area (Å²) in [6, 6.07) is 9.80. The second-order valence-electron chi connectivity index (χ2n) is 4.00. The Morgan fingerprint density at radius 2 is 2.00 bits per heavy atom.